The highest BCUT2D eigenvalue weighted by Gasteiger charge is 2.36. The van der Waals surface area contributed by atoms with Crippen molar-refractivity contribution in [3.05, 3.63) is 48.0 Å². The van der Waals surface area contributed by atoms with Crippen LogP contribution in [-0.4, -0.2) is 86.7 Å². The normalized spacial score (nSPS) is 18.6. The topological polar surface area (TPSA) is 138 Å². The molecule has 12 heteroatoms. The monoisotopic (exact) mass is 562 g/mol. The summed E-state index contributed by atoms with van der Waals surface area (Å²) in [5.74, 6) is -0.0102. The van der Waals surface area contributed by atoms with Crippen molar-refractivity contribution in [2.45, 2.75) is 50.8 Å². The molecular weight excluding hydrogens is 524 g/mol. The number of aliphatic hydroxyl groups excluding tert-OH is 1. The summed E-state index contributed by atoms with van der Waals surface area (Å²) in [6.45, 7) is 7.18. The van der Waals surface area contributed by atoms with Crippen LogP contribution in [0.15, 0.2) is 47.4 Å². The fraction of sp³-hybridized carbons (Fsp3) is 0.481. The summed E-state index contributed by atoms with van der Waals surface area (Å²) >= 11 is 0. The number of likely N-dealkylation sites (N-methyl/N-ethyl adjacent to an activating group) is 1. The number of hydrogen-bond donors (Lipinski definition) is 3. The number of amides is 3. The van der Waals surface area contributed by atoms with E-state index in [0.29, 0.717) is 5.75 Å². The highest BCUT2D eigenvalue weighted by Crippen LogP contribution is 2.35. The summed E-state index contributed by atoms with van der Waals surface area (Å²) in [7, 11) is -0.906. The van der Waals surface area contributed by atoms with Crippen LogP contribution in [0.1, 0.15) is 38.1 Å². The van der Waals surface area contributed by atoms with Gasteiger partial charge < -0.3 is 30.1 Å². The fourth-order valence-corrected chi connectivity index (χ4v) is 5.44. The molecule has 3 atom stereocenters. The molecule has 0 saturated carbocycles. The van der Waals surface area contributed by atoms with E-state index < -0.39 is 28.2 Å². The van der Waals surface area contributed by atoms with Crippen LogP contribution in [0.25, 0.3) is 0 Å². The van der Waals surface area contributed by atoms with Crippen LogP contribution in [0.4, 0.5) is 10.5 Å². The molecule has 2 aromatic carbocycles. The van der Waals surface area contributed by atoms with Gasteiger partial charge >= 0.3 is 6.03 Å². The number of sulfonamides is 1. The van der Waals surface area contributed by atoms with Gasteiger partial charge in [0, 0.05) is 25.6 Å². The lowest BCUT2D eigenvalue weighted by Crippen LogP contribution is -2.50. The molecule has 39 heavy (non-hydrogen) atoms. The molecule has 214 valence electrons. The van der Waals surface area contributed by atoms with Crippen LogP contribution in [0.2, 0.25) is 0 Å². The number of fused-ring (bicyclic) bond motifs is 1. The predicted molar refractivity (Wildman–Crippen MR) is 148 cm³/mol. The van der Waals surface area contributed by atoms with Gasteiger partial charge in [-0.3, -0.25) is 4.79 Å². The molecule has 0 aliphatic carbocycles. The zero-order chi connectivity index (χ0) is 28.9. The Morgan fingerprint density at radius 1 is 1.21 bits per heavy atom. The van der Waals surface area contributed by atoms with E-state index in [0.717, 1.165) is 0 Å². The molecule has 0 spiro atoms. The minimum absolute atomic E-state index is 0.0307. The number of methoxy groups -OCH3 is 1. The summed E-state index contributed by atoms with van der Waals surface area (Å²) in [5.41, 5.74) is 0.477. The molecule has 0 bridgehead atoms. The highest BCUT2D eigenvalue weighted by atomic mass is 32.2. The summed E-state index contributed by atoms with van der Waals surface area (Å²) in [6.07, 6.45) is -0.695. The maximum absolute atomic E-state index is 13.6. The lowest BCUT2D eigenvalue weighted by atomic mass is 9.99. The number of rotatable bonds is 9. The van der Waals surface area contributed by atoms with Gasteiger partial charge in [-0.15, -0.1) is 0 Å². The number of hydrogen-bond acceptors (Lipinski definition) is 7. The van der Waals surface area contributed by atoms with E-state index in [1.807, 2.05) is 20.8 Å². The molecule has 2 aromatic rings. The largest absolute Gasteiger partial charge is 0.497 e. The van der Waals surface area contributed by atoms with Crippen LogP contribution < -0.4 is 20.1 Å². The second-order valence-corrected chi connectivity index (χ2v) is 12.1. The van der Waals surface area contributed by atoms with Crippen molar-refractivity contribution in [1.29, 1.82) is 0 Å². The lowest BCUT2D eigenvalue weighted by molar-refractivity contribution is 0.0389. The summed E-state index contributed by atoms with van der Waals surface area (Å²) in [5, 5.41) is 15.3. The van der Waals surface area contributed by atoms with E-state index in [2.05, 4.69) is 10.6 Å². The number of urea groups is 1. The molecule has 3 N–H and O–H groups in total. The first-order valence-corrected chi connectivity index (χ1v) is 14.2. The first-order valence-electron chi connectivity index (χ1n) is 12.8. The number of anilines is 1. The number of benzene rings is 2. The van der Waals surface area contributed by atoms with E-state index >= 15 is 0 Å². The van der Waals surface area contributed by atoms with Crippen molar-refractivity contribution in [1.82, 2.24) is 14.5 Å². The van der Waals surface area contributed by atoms with Crippen molar-refractivity contribution in [3.63, 3.8) is 0 Å². The average molecular weight is 563 g/mol. The van der Waals surface area contributed by atoms with Crippen LogP contribution in [0.3, 0.4) is 0 Å². The third kappa shape index (κ3) is 7.00. The third-order valence-electron chi connectivity index (χ3n) is 6.56. The van der Waals surface area contributed by atoms with E-state index in [4.69, 9.17) is 9.47 Å². The molecule has 0 radical (unpaired) electrons. The number of nitrogens with zero attached hydrogens (tertiary/aromatic N) is 2. The lowest BCUT2D eigenvalue weighted by Gasteiger charge is -2.38. The first-order chi connectivity index (χ1) is 18.4. The maximum Gasteiger partial charge on any atom is 0.319 e. The van der Waals surface area contributed by atoms with Crippen molar-refractivity contribution in [2.24, 2.45) is 5.92 Å². The van der Waals surface area contributed by atoms with Gasteiger partial charge in [-0.1, -0.05) is 13.0 Å². The van der Waals surface area contributed by atoms with Crippen LogP contribution >= 0.6 is 0 Å². The van der Waals surface area contributed by atoms with Crippen molar-refractivity contribution in [2.75, 3.05) is 39.2 Å². The third-order valence-corrected chi connectivity index (χ3v) is 8.40. The smallest absolute Gasteiger partial charge is 0.319 e. The molecule has 11 nitrogen and oxygen atoms in total. The zero-order valence-corrected chi connectivity index (χ0v) is 24.0. The Labute approximate surface area is 230 Å². The Bertz CT molecular complexity index is 1270. The highest BCUT2D eigenvalue weighted by molar-refractivity contribution is 7.89. The summed E-state index contributed by atoms with van der Waals surface area (Å²) in [4.78, 5) is 27.7. The number of carbonyl (C=O) groups excluding carboxylic acids is 2. The summed E-state index contributed by atoms with van der Waals surface area (Å²) in [6, 6.07) is 9.85. The van der Waals surface area contributed by atoms with Crippen LogP contribution in [0.5, 0.6) is 11.5 Å². The predicted octanol–water partition coefficient (Wildman–Crippen LogP) is 2.77. The van der Waals surface area contributed by atoms with E-state index in [-0.39, 0.29) is 59.5 Å². The number of nitrogens with one attached hydrogen (secondary N) is 2. The Kier molecular flexibility index (Phi) is 9.81. The minimum Gasteiger partial charge on any atom is -0.497 e. The second kappa shape index (κ2) is 12.7. The van der Waals surface area contributed by atoms with E-state index in [9.17, 15) is 23.1 Å². The minimum atomic E-state index is -3.88. The van der Waals surface area contributed by atoms with E-state index in [1.165, 1.54) is 30.6 Å². The zero-order valence-electron chi connectivity index (χ0n) is 23.2. The molecule has 3 amide bonds. The van der Waals surface area contributed by atoms with Gasteiger partial charge in [0.2, 0.25) is 10.0 Å². The molecule has 1 heterocycles. The molecule has 1 aliphatic heterocycles. The van der Waals surface area contributed by atoms with Gasteiger partial charge in [0.25, 0.3) is 5.91 Å². The molecule has 1 aliphatic rings. The van der Waals surface area contributed by atoms with Gasteiger partial charge in [-0.25, -0.2) is 13.2 Å². The van der Waals surface area contributed by atoms with E-state index in [1.54, 1.807) is 42.2 Å². The van der Waals surface area contributed by atoms with Crippen molar-refractivity contribution >= 4 is 27.6 Å². The molecule has 0 unspecified atom stereocenters. The SMILES string of the molecule is COc1ccc(S(=O)(=O)N(C)C[C@H]2Oc3c(NC(=O)NC(C)C)cccc3C(=O)N([C@@H](C)CO)C[C@@H]2C)cc1. The van der Waals surface area contributed by atoms with Gasteiger partial charge in [0.1, 0.15) is 11.9 Å². The number of carbonyl (C=O) groups is 2. The summed E-state index contributed by atoms with van der Waals surface area (Å²) < 4.78 is 39.4. The number of aliphatic hydroxyl groups is 1. The van der Waals surface area contributed by atoms with Gasteiger partial charge in [-0.05, 0) is 57.2 Å². The average Bonchev–Trinajstić information content (AvgIpc) is 2.89. The fourth-order valence-electron chi connectivity index (χ4n) is 4.26. The maximum atomic E-state index is 13.6. The van der Waals surface area contributed by atoms with Gasteiger partial charge in [0.05, 0.1) is 42.4 Å². The first kappa shape index (κ1) is 30.2. The quantitative estimate of drug-likeness (QED) is 0.427. The second-order valence-electron chi connectivity index (χ2n) is 10.0. The number of para-hydroxylation sites is 1. The van der Waals surface area contributed by atoms with Crippen LogP contribution in [0, 0.1) is 5.92 Å². The number of ether oxygens (including phenoxy) is 2. The van der Waals surface area contributed by atoms with Crippen LogP contribution in [-0.2, 0) is 10.0 Å². The van der Waals surface area contributed by atoms with Gasteiger partial charge in [-0.2, -0.15) is 4.31 Å². The van der Waals surface area contributed by atoms with Gasteiger partial charge in [0.15, 0.2) is 5.75 Å². The Morgan fingerprint density at radius 3 is 2.46 bits per heavy atom. The molecule has 0 aromatic heterocycles. The molecular formula is C27H38N4O7S. The Balaban J connectivity index is 2.00. The van der Waals surface area contributed by atoms with Crippen molar-refractivity contribution < 1.29 is 32.6 Å². The van der Waals surface area contributed by atoms with Crippen molar-refractivity contribution in [3.8, 4) is 11.5 Å². The molecule has 0 fully saturated rings. The Hall–Kier alpha value is -3.35. The Morgan fingerprint density at radius 2 is 1.87 bits per heavy atom. The molecule has 0 saturated heterocycles. The standard InChI is InChI=1S/C27H38N4O7S/c1-17(2)28-27(34)29-23-9-7-8-22-25(23)38-24(18(3)14-31(26(22)33)19(4)16-32)15-30(5)39(35,36)21-12-10-20(37-6)11-13-21/h7-13,17-19,24,32H,14-16H2,1-6H3,(H2,28,29,34)/t18-,19-,24+/m0/s1. The molecule has 3 rings (SSSR count).